The number of hydrogen-bond donors (Lipinski definition) is 2. The molecule has 0 aliphatic heterocycles. The quantitative estimate of drug-likeness (QED) is 0.844. The Hall–Kier alpha value is -2.11. The first-order chi connectivity index (χ1) is 8.65. The van der Waals surface area contributed by atoms with Gasteiger partial charge in [-0.05, 0) is 20.8 Å². The second kappa shape index (κ2) is 5.48. The summed E-state index contributed by atoms with van der Waals surface area (Å²) in [5.74, 6) is 1.13. The summed E-state index contributed by atoms with van der Waals surface area (Å²) >= 11 is 0. The molecule has 2 N–H and O–H groups in total. The summed E-state index contributed by atoms with van der Waals surface area (Å²) in [7, 11) is 0. The number of aryl methyl sites for hydroxylation is 1. The van der Waals surface area contributed by atoms with Crippen LogP contribution in [0.5, 0.6) is 5.88 Å². The Labute approximate surface area is 106 Å². The number of hydrogen-bond acceptors (Lipinski definition) is 5. The van der Waals surface area contributed by atoms with Gasteiger partial charge < -0.3 is 10.1 Å². The summed E-state index contributed by atoms with van der Waals surface area (Å²) < 4.78 is 5.51. The minimum Gasteiger partial charge on any atom is -0.475 e. The summed E-state index contributed by atoms with van der Waals surface area (Å²) in [6.45, 7) is 6.53. The minimum absolute atomic E-state index is 0.101. The lowest BCUT2D eigenvalue weighted by Crippen LogP contribution is -2.09. The van der Waals surface area contributed by atoms with Crippen molar-refractivity contribution >= 4 is 5.95 Å². The molecule has 0 aliphatic rings. The lowest BCUT2D eigenvalue weighted by molar-refractivity contribution is 0.232. The van der Waals surface area contributed by atoms with E-state index in [2.05, 4.69) is 25.5 Å². The fraction of sp³-hybridized carbons (Fsp3) is 0.417. The Morgan fingerprint density at radius 1 is 1.44 bits per heavy atom. The van der Waals surface area contributed by atoms with Gasteiger partial charge in [0.1, 0.15) is 0 Å². The van der Waals surface area contributed by atoms with Gasteiger partial charge in [0.2, 0.25) is 11.8 Å². The average Bonchev–Trinajstić information content (AvgIpc) is 2.72. The third kappa shape index (κ3) is 3.19. The second-order valence-corrected chi connectivity index (χ2v) is 4.26. The van der Waals surface area contributed by atoms with E-state index in [1.54, 1.807) is 18.5 Å². The number of aromatic nitrogens is 4. The van der Waals surface area contributed by atoms with Gasteiger partial charge in [0.15, 0.2) is 0 Å². The molecule has 0 aliphatic carbocycles. The molecular formula is C12H17N5O. The van der Waals surface area contributed by atoms with Crippen LogP contribution in [0.15, 0.2) is 18.5 Å². The molecule has 2 rings (SSSR count). The van der Waals surface area contributed by atoms with Crippen LogP contribution < -0.4 is 10.1 Å². The van der Waals surface area contributed by atoms with E-state index in [9.17, 15) is 0 Å². The monoisotopic (exact) mass is 247 g/mol. The average molecular weight is 247 g/mol. The molecule has 0 aromatic carbocycles. The maximum absolute atomic E-state index is 5.51. The van der Waals surface area contributed by atoms with Crippen molar-refractivity contribution in [3.05, 3.63) is 29.7 Å². The predicted molar refractivity (Wildman–Crippen MR) is 68.4 cm³/mol. The number of ether oxygens (including phenoxy) is 1. The Kier molecular flexibility index (Phi) is 3.76. The summed E-state index contributed by atoms with van der Waals surface area (Å²) in [6.07, 6.45) is 3.57. The van der Waals surface area contributed by atoms with Gasteiger partial charge in [-0.25, -0.2) is 4.98 Å². The van der Waals surface area contributed by atoms with Crippen LogP contribution in [-0.2, 0) is 6.54 Å². The fourth-order valence-electron chi connectivity index (χ4n) is 1.46. The molecule has 0 bridgehead atoms. The molecule has 0 amide bonds. The lowest BCUT2D eigenvalue weighted by atomic mass is 10.3. The van der Waals surface area contributed by atoms with Crippen LogP contribution in [-0.4, -0.2) is 26.3 Å². The van der Waals surface area contributed by atoms with E-state index >= 15 is 0 Å². The van der Waals surface area contributed by atoms with Crippen molar-refractivity contribution in [3.63, 3.8) is 0 Å². The van der Waals surface area contributed by atoms with E-state index in [1.165, 1.54) is 0 Å². The van der Waals surface area contributed by atoms with Crippen LogP contribution in [0.3, 0.4) is 0 Å². The molecule has 0 spiro atoms. The van der Waals surface area contributed by atoms with Crippen LogP contribution in [0.25, 0.3) is 0 Å². The summed E-state index contributed by atoms with van der Waals surface area (Å²) in [4.78, 5) is 8.41. The number of rotatable bonds is 5. The standard InChI is InChI=1S/C12H17N5O/c1-8(2)18-11-4-5-13-12(16-11)14-6-10-7-15-17-9(10)3/h4-5,7-8H,6H2,1-3H3,(H,15,17)(H,13,14,16). The van der Waals surface area contributed by atoms with Crippen molar-refractivity contribution in [2.45, 2.75) is 33.4 Å². The molecule has 0 fully saturated rings. The Balaban J connectivity index is 1.99. The lowest BCUT2D eigenvalue weighted by Gasteiger charge is -2.09. The van der Waals surface area contributed by atoms with Crippen molar-refractivity contribution in [2.75, 3.05) is 5.32 Å². The first kappa shape index (κ1) is 12.3. The molecule has 0 saturated carbocycles. The molecular weight excluding hydrogens is 230 g/mol. The molecule has 2 heterocycles. The molecule has 96 valence electrons. The van der Waals surface area contributed by atoms with Gasteiger partial charge in [-0.15, -0.1) is 0 Å². The Morgan fingerprint density at radius 2 is 2.28 bits per heavy atom. The first-order valence-electron chi connectivity index (χ1n) is 5.87. The third-order valence-corrected chi connectivity index (χ3v) is 2.36. The maximum Gasteiger partial charge on any atom is 0.226 e. The first-order valence-corrected chi connectivity index (χ1v) is 5.87. The smallest absolute Gasteiger partial charge is 0.226 e. The van der Waals surface area contributed by atoms with Crippen molar-refractivity contribution in [1.29, 1.82) is 0 Å². The minimum atomic E-state index is 0.101. The van der Waals surface area contributed by atoms with Gasteiger partial charge in [0, 0.05) is 30.1 Å². The van der Waals surface area contributed by atoms with Gasteiger partial charge >= 0.3 is 0 Å². The topological polar surface area (TPSA) is 75.7 Å². The highest BCUT2D eigenvalue weighted by Crippen LogP contribution is 2.11. The van der Waals surface area contributed by atoms with Gasteiger partial charge in [0.05, 0.1) is 12.3 Å². The van der Waals surface area contributed by atoms with E-state index in [0.717, 1.165) is 11.3 Å². The molecule has 18 heavy (non-hydrogen) atoms. The summed E-state index contributed by atoms with van der Waals surface area (Å²) in [6, 6.07) is 1.74. The van der Waals surface area contributed by atoms with Gasteiger partial charge in [0.25, 0.3) is 0 Å². The maximum atomic E-state index is 5.51. The van der Waals surface area contributed by atoms with Gasteiger partial charge in [-0.1, -0.05) is 0 Å². The predicted octanol–water partition coefficient (Wildman–Crippen LogP) is 1.91. The Bertz CT molecular complexity index is 509. The van der Waals surface area contributed by atoms with Crippen LogP contribution >= 0.6 is 0 Å². The molecule has 2 aromatic heterocycles. The molecule has 0 unspecified atom stereocenters. The summed E-state index contributed by atoms with van der Waals surface area (Å²) in [5.41, 5.74) is 2.13. The van der Waals surface area contributed by atoms with Crippen LogP contribution in [0.2, 0.25) is 0 Å². The zero-order valence-electron chi connectivity index (χ0n) is 10.8. The highest BCUT2D eigenvalue weighted by molar-refractivity contribution is 5.30. The van der Waals surface area contributed by atoms with Crippen LogP contribution in [0, 0.1) is 6.92 Å². The number of nitrogens with one attached hydrogen (secondary N) is 2. The van der Waals surface area contributed by atoms with E-state index < -0.39 is 0 Å². The molecule has 0 atom stereocenters. The zero-order valence-corrected chi connectivity index (χ0v) is 10.8. The molecule has 0 saturated heterocycles. The third-order valence-electron chi connectivity index (χ3n) is 2.36. The summed E-state index contributed by atoms with van der Waals surface area (Å²) in [5, 5.41) is 9.99. The fourth-order valence-corrected chi connectivity index (χ4v) is 1.46. The van der Waals surface area contributed by atoms with E-state index in [0.29, 0.717) is 18.4 Å². The SMILES string of the molecule is Cc1[nH]ncc1CNc1nccc(OC(C)C)n1. The van der Waals surface area contributed by atoms with Crippen molar-refractivity contribution in [1.82, 2.24) is 20.2 Å². The molecule has 2 aromatic rings. The molecule has 6 heteroatoms. The van der Waals surface area contributed by atoms with Gasteiger partial charge in [-0.2, -0.15) is 10.1 Å². The zero-order chi connectivity index (χ0) is 13.0. The van der Waals surface area contributed by atoms with Crippen molar-refractivity contribution in [2.24, 2.45) is 0 Å². The number of nitrogens with zero attached hydrogens (tertiary/aromatic N) is 3. The van der Waals surface area contributed by atoms with Crippen LogP contribution in [0.1, 0.15) is 25.1 Å². The van der Waals surface area contributed by atoms with Crippen molar-refractivity contribution < 1.29 is 4.74 Å². The number of aromatic amines is 1. The number of anilines is 1. The second-order valence-electron chi connectivity index (χ2n) is 4.26. The number of H-pyrrole nitrogens is 1. The van der Waals surface area contributed by atoms with E-state index in [4.69, 9.17) is 4.74 Å². The molecule has 0 radical (unpaired) electrons. The van der Waals surface area contributed by atoms with Crippen LogP contribution in [0.4, 0.5) is 5.95 Å². The highest BCUT2D eigenvalue weighted by atomic mass is 16.5. The van der Waals surface area contributed by atoms with E-state index in [1.807, 2.05) is 20.8 Å². The van der Waals surface area contributed by atoms with Crippen molar-refractivity contribution in [3.8, 4) is 5.88 Å². The van der Waals surface area contributed by atoms with Gasteiger partial charge in [-0.3, -0.25) is 5.10 Å². The molecule has 6 nitrogen and oxygen atoms in total. The largest absolute Gasteiger partial charge is 0.475 e. The normalized spacial score (nSPS) is 10.7. The highest BCUT2D eigenvalue weighted by Gasteiger charge is 2.04. The Morgan fingerprint density at radius 3 is 2.94 bits per heavy atom. The van der Waals surface area contributed by atoms with E-state index in [-0.39, 0.29) is 6.10 Å².